The molecule has 1 aliphatic rings. The number of amides is 1. The number of anilines is 1. The van der Waals surface area contributed by atoms with Gasteiger partial charge in [0.25, 0.3) is 5.69 Å². The van der Waals surface area contributed by atoms with E-state index in [-0.39, 0.29) is 23.0 Å². The van der Waals surface area contributed by atoms with Crippen LogP contribution in [0.4, 0.5) is 11.4 Å². The predicted molar refractivity (Wildman–Crippen MR) is 132 cm³/mol. The van der Waals surface area contributed by atoms with E-state index in [2.05, 4.69) is 19.2 Å². The summed E-state index contributed by atoms with van der Waals surface area (Å²) in [6, 6.07) is 3.94. The lowest BCUT2D eigenvalue weighted by molar-refractivity contribution is -0.384. The Bertz CT molecular complexity index is 834. The van der Waals surface area contributed by atoms with Crippen molar-refractivity contribution in [3.05, 3.63) is 28.3 Å². The van der Waals surface area contributed by atoms with Crippen LogP contribution in [-0.4, -0.2) is 33.4 Å². The Morgan fingerprint density at radius 2 is 1.84 bits per heavy atom. The van der Waals surface area contributed by atoms with Crippen LogP contribution >= 0.6 is 23.5 Å². The van der Waals surface area contributed by atoms with Crippen molar-refractivity contribution in [1.29, 1.82) is 0 Å². The normalized spacial score (nSPS) is 15.9. The molecule has 0 bridgehead atoms. The van der Waals surface area contributed by atoms with Gasteiger partial charge in [0, 0.05) is 17.5 Å². The third-order valence-corrected chi connectivity index (χ3v) is 9.16. The lowest BCUT2D eigenvalue weighted by atomic mass is 9.69. The fraction of sp³-hybridized carbons (Fsp3) is 0.652. The molecule has 2 rings (SSSR count). The molecule has 1 aromatic carbocycles. The Kier molecular flexibility index (Phi) is 9.45. The van der Waals surface area contributed by atoms with E-state index in [9.17, 15) is 19.7 Å². The Labute approximate surface area is 199 Å². The summed E-state index contributed by atoms with van der Waals surface area (Å²) in [4.78, 5) is 37.1. The molecular weight excluding hydrogens is 448 g/mol. The van der Waals surface area contributed by atoms with Gasteiger partial charge in [0.1, 0.15) is 0 Å². The number of carbonyl (C=O) groups is 2. The largest absolute Gasteiger partial charge is 0.423 e. The van der Waals surface area contributed by atoms with Crippen LogP contribution in [0.15, 0.2) is 18.2 Å². The molecule has 1 N–H and O–H groups in total. The van der Waals surface area contributed by atoms with Gasteiger partial charge in [0.05, 0.1) is 10.6 Å². The molecular formula is C23H34N2O5S2. The number of rotatable bonds is 10. The quantitative estimate of drug-likeness (QED) is 0.138. The number of nitrogens with zero attached hydrogens (tertiary/aromatic N) is 1. The molecule has 1 fully saturated rings. The highest BCUT2D eigenvalue weighted by Crippen LogP contribution is 2.43. The van der Waals surface area contributed by atoms with Crippen LogP contribution in [0.5, 0.6) is 5.75 Å². The fourth-order valence-electron chi connectivity index (χ4n) is 3.90. The summed E-state index contributed by atoms with van der Waals surface area (Å²) < 4.78 is 4.80. The minimum atomic E-state index is -0.828. The maximum absolute atomic E-state index is 13.5. The molecule has 32 heavy (non-hydrogen) atoms. The van der Waals surface area contributed by atoms with Crippen molar-refractivity contribution in [2.75, 3.05) is 17.8 Å². The maximum Gasteiger partial charge on any atom is 0.337 e. The molecule has 7 nitrogen and oxygen atoms in total. The number of carbonyl (C=O) groups excluding carboxylic acids is 2. The number of nitro groups is 1. The Morgan fingerprint density at radius 1 is 1.22 bits per heavy atom. The second-order valence-electron chi connectivity index (χ2n) is 8.91. The van der Waals surface area contributed by atoms with Crippen LogP contribution in [0.1, 0.15) is 65.7 Å². The molecule has 0 atom stereocenters. The van der Waals surface area contributed by atoms with Crippen LogP contribution in [0.3, 0.4) is 0 Å². The summed E-state index contributed by atoms with van der Waals surface area (Å²) in [7, 11) is 0. The van der Waals surface area contributed by atoms with Gasteiger partial charge in [-0.15, -0.1) is 23.5 Å². The Morgan fingerprint density at radius 3 is 2.38 bits per heavy atom. The predicted octanol–water partition coefficient (Wildman–Crippen LogP) is 6.27. The number of thioether (sulfide) groups is 2. The van der Waals surface area contributed by atoms with E-state index >= 15 is 0 Å². The lowest BCUT2D eigenvalue weighted by Gasteiger charge is -2.36. The minimum Gasteiger partial charge on any atom is -0.423 e. The average Bonchev–Trinajstić information content (AvgIpc) is 2.78. The molecule has 0 unspecified atom stereocenters. The molecule has 0 radical (unpaired) electrons. The third-order valence-electron chi connectivity index (χ3n) is 6.27. The molecule has 1 amide bonds. The zero-order valence-corrected chi connectivity index (χ0v) is 21.2. The van der Waals surface area contributed by atoms with Crippen molar-refractivity contribution in [2.45, 2.75) is 69.8 Å². The molecule has 178 valence electrons. The number of esters is 1. The third kappa shape index (κ3) is 6.41. The first-order chi connectivity index (χ1) is 15.1. The van der Waals surface area contributed by atoms with Crippen LogP contribution < -0.4 is 10.1 Å². The van der Waals surface area contributed by atoms with Gasteiger partial charge in [-0.3, -0.25) is 14.9 Å². The lowest BCUT2D eigenvalue weighted by Crippen LogP contribution is -2.38. The summed E-state index contributed by atoms with van der Waals surface area (Å²) >= 11 is 2.70. The van der Waals surface area contributed by atoms with Gasteiger partial charge in [-0.25, -0.2) is 4.79 Å². The summed E-state index contributed by atoms with van der Waals surface area (Å²) in [6.45, 7) is 6.04. The van der Waals surface area contributed by atoms with Gasteiger partial charge < -0.3 is 10.1 Å². The molecule has 0 saturated heterocycles. The van der Waals surface area contributed by atoms with E-state index < -0.39 is 20.4 Å². The Hall–Kier alpha value is -1.74. The molecule has 1 saturated carbocycles. The molecule has 1 aliphatic carbocycles. The minimum absolute atomic E-state index is 0.123. The van der Waals surface area contributed by atoms with Gasteiger partial charge >= 0.3 is 5.97 Å². The van der Waals surface area contributed by atoms with E-state index in [1.807, 2.05) is 12.5 Å². The number of nitro benzene ring substituents is 1. The van der Waals surface area contributed by atoms with Gasteiger partial charge in [-0.2, -0.15) is 0 Å². The Balaban J connectivity index is 2.36. The van der Waals surface area contributed by atoms with E-state index in [0.717, 1.165) is 44.9 Å². The molecule has 0 heterocycles. The van der Waals surface area contributed by atoms with Gasteiger partial charge in [0.15, 0.2) is 9.83 Å². The number of ether oxygens (including phenoxy) is 1. The van der Waals surface area contributed by atoms with Crippen molar-refractivity contribution in [3.8, 4) is 5.75 Å². The second-order valence-corrected chi connectivity index (χ2v) is 11.6. The van der Waals surface area contributed by atoms with Crippen LogP contribution in [-0.2, 0) is 9.59 Å². The fourth-order valence-corrected chi connectivity index (χ4v) is 4.98. The van der Waals surface area contributed by atoms with Gasteiger partial charge in [-0.05, 0) is 57.1 Å². The van der Waals surface area contributed by atoms with E-state index in [1.54, 1.807) is 6.92 Å². The topological polar surface area (TPSA) is 98.5 Å². The van der Waals surface area contributed by atoms with Gasteiger partial charge in [0.2, 0.25) is 5.91 Å². The number of hydrogen-bond donors (Lipinski definition) is 1. The summed E-state index contributed by atoms with van der Waals surface area (Å²) in [6.07, 6.45) is 10.0. The smallest absolute Gasteiger partial charge is 0.337 e. The highest BCUT2D eigenvalue weighted by atomic mass is 32.2. The van der Waals surface area contributed by atoms with E-state index in [0.29, 0.717) is 5.92 Å². The molecule has 0 aromatic heterocycles. The van der Waals surface area contributed by atoms with Crippen LogP contribution in [0.25, 0.3) is 0 Å². The SMILES string of the molecule is CSC(C)(SC)C(=O)Oc1ccc([N+](=O)[O-])cc1NC(=O)C1(CCC(C)C)CCCCC1. The van der Waals surface area contributed by atoms with Crippen molar-refractivity contribution >= 4 is 46.8 Å². The van der Waals surface area contributed by atoms with Crippen molar-refractivity contribution in [3.63, 3.8) is 0 Å². The highest BCUT2D eigenvalue weighted by Gasteiger charge is 2.40. The summed E-state index contributed by atoms with van der Waals surface area (Å²) in [5.41, 5.74) is -0.504. The maximum atomic E-state index is 13.5. The average molecular weight is 483 g/mol. The molecule has 0 spiro atoms. The van der Waals surface area contributed by atoms with Crippen molar-refractivity contribution in [1.82, 2.24) is 0 Å². The standard InChI is InChI=1S/C23H34N2O5S2/c1-16(2)11-14-23(12-7-6-8-13-23)20(26)24-18-15-17(25(28)29)9-10-19(18)30-21(27)22(3,31-4)32-5/h9-10,15-16H,6-8,11-14H2,1-5H3,(H,24,26). The van der Waals surface area contributed by atoms with E-state index in [4.69, 9.17) is 4.74 Å². The second kappa shape index (κ2) is 11.4. The first kappa shape index (κ1) is 26.5. The van der Waals surface area contributed by atoms with Crippen LogP contribution in [0.2, 0.25) is 0 Å². The number of hydrogen-bond acceptors (Lipinski definition) is 7. The molecule has 1 aromatic rings. The summed E-state index contributed by atoms with van der Waals surface area (Å²) in [5, 5.41) is 14.2. The highest BCUT2D eigenvalue weighted by molar-refractivity contribution is 8.18. The monoisotopic (exact) mass is 482 g/mol. The number of non-ortho nitro benzene ring substituents is 1. The van der Waals surface area contributed by atoms with E-state index in [1.165, 1.54) is 41.7 Å². The number of nitrogens with one attached hydrogen (secondary N) is 1. The van der Waals surface area contributed by atoms with Gasteiger partial charge in [-0.1, -0.05) is 33.1 Å². The zero-order chi connectivity index (χ0) is 23.9. The zero-order valence-electron chi connectivity index (χ0n) is 19.6. The molecule has 0 aliphatic heterocycles. The first-order valence-corrected chi connectivity index (χ1v) is 13.4. The first-order valence-electron chi connectivity index (χ1n) is 11.0. The van der Waals surface area contributed by atoms with Crippen molar-refractivity contribution < 1.29 is 19.2 Å². The molecule has 9 heteroatoms. The number of benzene rings is 1. The van der Waals surface area contributed by atoms with Crippen molar-refractivity contribution in [2.24, 2.45) is 11.3 Å². The van der Waals surface area contributed by atoms with Crippen LogP contribution in [0, 0.1) is 21.4 Å². The summed E-state index contributed by atoms with van der Waals surface area (Å²) in [5.74, 6) is -0.0213.